The average molecular weight is 255 g/mol. The number of ether oxygens (including phenoxy) is 1. The first-order valence-electron chi connectivity index (χ1n) is 4.32. The van der Waals surface area contributed by atoms with Gasteiger partial charge in [-0.3, -0.25) is 4.79 Å². The van der Waals surface area contributed by atoms with Crippen molar-refractivity contribution in [1.82, 2.24) is 0 Å². The molecule has 0 amide bonds. The van der Waals surface area contributed by atoms with Crippen LogP contribution in [0.5, 0.6) is 0 Å². The van der Waals surface area contributed by atoms with Gasteiger partial charge in [-0.05, 0) is 22.9 Å². The minimum Gasteiger partial charge on any atom is -0.500 e. The Bertz CT molecular complexity index is 330. The van der Waals surface area contributed by atoms with Crippen LogP contribution in [0.25, 0.3) is 0 Å². The van der Waals surface area contributed by atoms with E-state index in [1.807, 2.05) is 25.1 Å². The van der Waals surface area contributed by atoms with Crippen molar-refractivity contribution < 1.29 is 9.53 Å². The summed E-state index contributed by atoms with van der Waals surface area (Å²) in [7, 11) is 0. The first-order chi connectivity index (χ1) is 6.75. The van der Waals surface area contributed by atoms with E-state index < -0.39 is 0 Å². The van der Waals surface area contributed by atoms with Crippen LogP contribution in [0.3, 0.4) is 0 Å². The highest BCUT2D eigenvalue weighted by molar-refractivity contribution is 9.12. The van der Waals surface area contributed by atoms with Crippen LogP contribution < -0.4 is 0 Å². The molecule has 2 nitrogen and oxygen atoms in total. The van der Waals surface area contributed by atoms with Crippen LogP contribution in [-0.2, 0) is 4.74 Å². The molecule has 0 aliphatic carbocycles. The molecule has 0 N–H and O–H groups in total. The van der Waals surface area contributed by atoms with E-state index in [1.54, 1.807) is 12.1 Å². The Balaban J connectivity index is 2.76. The molecule has 1 aromatic carbocycles. The van der Waals surface area contributed by atoms with Gasteiger partial charge in [0.25, 0.3) is 0 Å². The van der Waals surface area contributed by atoms with E-state index in [0.717, 1.165) is 0 Å². The summed E-state index contributed by atoms with van der Waals surface area (Å²) < 4.78 is 5.44. The summed E-state index contributed by atoms with van der Waals surface area (Å²) in [6.07, 6.45) is 1.43. The van der Waals surface area contributed by atoms with Gasteiger partial charge < -0.3 is 4.74 Å². The number of carbonyl (C=O) groups excluding carboxylic acids is 1. The molecule has 0 unspecified atom stereocenters. The van der Waals surface area contributed by atoms with E-state index in [0.29, 0.717) is 16.7 Å². The molecule has 0 aliphatic rings. The lowest BCUT2D eigenvalue weighted by molar-refractivity contribution is 0.103. The van der Waals surface area contributed by atoms with Crippen molar-refractivity contribution in [3.63, 3.8) is 0 Å². The third-order valence-electron chi connectivity index (χ3n) is 1.61. The van der Waals surface area contributed by atoms with Gasteiger partial charge in [0.05, 0.1) is 11.1 Å². The summed E-state index contributed by atoms with van der Waals surface area (Å²) in [6, 6.07) is 9.06. The molecule has 0 saturated carbocycles. The number of carbonyl (C=O) groups is 1. The fourth-order valence-corrected chi connectivity index (χ4v) is 1.30. The second kappa shape index (κ2) is 5.60. The zero-order valence-corrected chi connectivity index (χ0v) is 9.45. The maximum absolute atomic E-state index is 11.7. The molecule has 0 aliphatic heterocycles. The van der Waals surface area contributed by atoms with Crippen LogP contribution in [0.4, 0.5) is 0 Å². The van der Waals surface area contributed by atoms with Crippen LogP contribution >= 0.6 is 15.9 Å². The van der Waals surface area contributed by atoms with Crippen LogP contribution in [-0.4, -0.2) is 12.4 Å². The zero-order chi connectivity index (χ0) is 10.4. The van der Waals surface area contributed by atoms with Crippen molar-refractivity contribution in [3.05, 3.63) is 46.6 Å². The first-order valence-corrected chi connectivity index (χ1v) is 5.12. The molecule has 0 saturated heterocycles. The Morgan fingerprint density at radius 1 is 1.43 bits per heavy atom. The van der Waals surface area contributed by atoms with Gasteiger partial charge >= 0.3 is 0 Å². The smallest absolute Gasteiger partial charge is 0.203 e. The molecular weight excluding hydrogens is 244 g/mol. The monoisotopic (exact) mass is 254 g/mol. The van der Waals surface area contributed by atoms with Gasteiger partial charge in [0.15, 0.2) is 0 Å². The van der Waals surface area contributed by atoms with Gasteiger partial charge in [0.1, 0.15) is 6.26 Å². The number of hydrogen-bond acceptors (Lipinski definition) is 2. The van der Waals surface area contributed by atoms with Crippen molar-refractivity contribution in [2.24, 2.45) is 0 Å². The van der Waals surface area contributed by atoms with E-state index in [4.69, 9.17) is 4.74 Å². The number of allylic oxidation sites excluding steroid dienone is 1. The zero-order valence-electron chi connectivity index (χ0n) is 7.87. The lowest BCUT2D eigenvalue weighted by atomic mass is 10.1. The Morgan fingerprint density at radius 2 is 2.07 bits per heavy atom. The van der Waals surface area contributed by atoms with Gasteiger partial charge in [-0.15, -0.1) is 0 Å². The van der Waals surface area contributed by atoms with Crippen molar-refractivity contribution >= 4 is 21.7 Å². The van der Waals surface area contributed by atoms with Crippen molar-refractivity contribution in [2.45, 2.75) is 6.92 Å². The molecule has 74 valence electrons. The number of hydrogen-bond donors (Lipinski definition) is 0. The summed E-state index contributed by atoms with van der Waals surface area (Å²) in [4.78, 5) is 11.7. The van der Waals surface area contributed by atoms with Crippen molar-refractivity contribution in [1.29, 1.82) is 0 Å². The van der Waals surface area contributed by atoms with E-state index in [2.05, 4.69) is 15.9 Å². The van der Waals surface area contributed by atoms with E-state index in [-0.39, 0.29) is 5.78 Å². The van der Waals surface area contributed by atoms with Crippen LogP contribution in [0.1, 0.15) is 17.3 Å². The Morgan fingerprint density at radius 3 is 2.64 bits per heavy atom. The predicted molar refractivity (Wildman–Crippen MR) is 59.4 cm³/mol. The molecule has 14 heavy (non-hydrogen) atoms. The van der Waals surface area contributed by atoms with Gasteiger partial charge in [-0.1, -0.05) is 30.3 Å². The number of benzene rings is 1. The lowest BCUT2D eigenvalue weighted by Crippen LogP contribution is -1.98. The van der Waals surface area contributed by atoms with E-state index in [1.165, 1.54) is 6.26 Å². The lowest BCUT2D eigenvalue weighted by Gasteiger charge is -1.99. The van der Waals surface area contributed by atoms with Gasteiger partial charge in [0, 0.05) is 5.56 Å². The van der Waals surface area contributed by atoms with Crippen molar-refractivity contribution in [2.75, 3.05) is 6.61 Å². The SMILES string of the molecule is CCO/C=C(\Br)C(=O)c1ccccc1. The topological polar surface area (TPSA) is 26.3 Å². The van der Waals surface area contributed by atoms with E-state index in [9.17, 15) is 4.79 Å². The largest absolute Gasteiger partial charge is 0.500 e. The molecule has 0 bridgehead atoms. The van der Waals surface area contributed by atoms with Gasteiger partial charge in [0.2, 0.25) is 5.78 Å². The molecular formula is C11H11BrO2. The summed E-state index contributed by atoms with van der Waals surface area (Å²) in [5.41, 5.74) is 0.648. The highest BCUT2D eigenvalue weighted by Crippen LogP contribution is 2.13. The minimum absolute atomic E-state index is 0.0703. The molecule has 3 heteroatoms. The number of rotatable bonds is 4. The molecule has 0 spiro atoms. The summed E-state index contributed by atoms with van der Waals surface area (Å²) in [5.74, 6) is -0.0703. The molecule has 1 aromatic rings. The highest BCUT2D eigenvalue weighted by Gasteiger charge is 2.08. The van der Waals surface area contributed by atoms with Crippen LogP contribution in [0, 0.1) is 0 Å². The Hall–Kier alpha value is -1.09. The van der Waals surface area contributed by atoms with E-state index >= 15 is 0 Å². The minimum atomic E-state index is -0.0703. The standard InChI is InChI=1S/C11H11BrO2/c1-2-14-8-10(12)11(13)9-6-4-3-5-7-9/h3-8H,2H2,1H3/b10-8-. The fourth-order valence-electron chi connectivity index (χ4n) is 0.937. The predicted octanol–water partition coefficient (Wildman–Crippen LogP) is 3.14. The molecule has 0 atom stereocenters. The maximum atomic E-state index is 11.7. The fraction of sp³-hybridized carbons (Fsp3) is 0.182. The number of ketones is 1. The summed E-state index contributed by atoms with van der Waals surface area (Å²) >= 11 is 3.17. The van der Waals surface area contributed by atoms with Gasteiger partial charge in [-0.2, -0.15) is 0 Å². The highest BCUT2D eigenvalue weighted by atomic mass is 79.9. The number of Topliss-reactive ketones (excluding diaryl/α,β-unsaturated/α-hetero) is 1. The number of halogens is 1. The molecule has 0 radical (unpaired) electrons. The Kier molecular flexibility index (Phi) is 4.40. The third kappa shape index (κ3) is 3.00. The quantitative estimate of drug-likeness (QED) is 0.469. The molecule has 0 fully saturated rings. The second-order valence-corrected chi connectivity index (χ2v) is 3.47. The first kappa shape index (κ1) is 11.0. The molecule has 0 heterocycles. The second-order valence-electron chi connectivity index (χ2n) is 2.62. The Labute approximate surface area is 91.7 Å². The summed E-state index contributed by atoms with van der Waals surface area (Å²) in [5, 5.41) is 0. The third-order valence-corrected chi connectivity index (χ3v) is 2.15. The maximum Gasteiger partial charge on any atom is 0.203 e. The normalized spacial score (nSPS) is 11.1. The molecule has 0 aromatic heterocycles. The average Bonchev–Trinajstić information content (AvgIpc) is 2.26. The van der Waals surface area contributed by atoms with Crippen LogP contribution in [0.2, 0.25) is 0 Å². The van der Waals surface area contributed by atoms with Crippen molar-refractivity contribution in [3.8, 4) is 0 Å². The molecule has 1 rings (SSSR count). The summed E-state index contributed by atoms with van der Waals surface area (Å²) in [6.45, 7) is 2.42. The van der Waals surface area contributed by atoms with Crippen LogP contribution in [0.15, 0.2) is 41.1 Å². The van der Waals surface area contributed by atoms with Gasteiger partial charge in [-0.25, -0.2) is 0 Å².